The molecule has 1 aliphatic rings. The van der Waals surface area contributed by atoms with Crippen molar-refractivity contribution < 1.29 is 9.90 Å². The number of aliphatic hydroxyl groups excluding tert-OH is 1. The maximum atomic E-state index is 12.9. The Morgan fingerprint density at radius 1 is 1.00 bits per heavy atom. The summed E-state index contributed by atoms with van der Waals surface area (Å²) in [7, 11) is 0. The SMILES string of the molecule is C[C@H]1[C@H](C)C(=O)N([C@@H](CO)c2ccccc2)[C@H]1c1ccccc1. The summed E-state index contributed by atoms with van der Waals surface area (Å²) in [5.74, 6) is 0.287. The van der Waals surface area contributed by atoms with E-state index in [0.717, 1.165) is 11.1 Å². The number of benzene rings is 2. The van der Waals surface area contributed by atoms with Gasteiger partial charge in [-0.3, -0.25) is 4.79 Å². The molecule has 3 heteroatoms. The maximum absolute atomic E-state index is 12.9. The second kappa shape index (κ2) is 6.55. The third kappa shape index (κ3) is 2.77. The van der Waals surface area contributed by atoms with E-state index in [1.807, 2.05) is 60.4 Å². The smallest absolute Gasteiger partial charge is 0.226 e. The van der Waals surface area contributed by atoms with Crippen molar-refractivity contribution in [3.8, 4) is 0 Å². The van der Waals surface area contributed by atoms with Crippen LogP contribution in [0.5, 0.6) is 0 Å². The molecule has 0 radical (unpaired) electrons. The summed E-state index contributed by atoms with van der Waals surface area (Å²) in [6, 6.07) is 19.6. The summed E-state index contributed by atoms with van der Waals surface area (Å²) in [6.45, 7) is 4.04. The van der Waals surface area contributed by atoms with Gasteiger partial charge in [0.05, 0.1) is 18.7 Å². The van der Waals surface area contributed by atoms with Crippen molar-refractivity contribution in [3.05, 3.63) is 71.8 Å². The van der Waals surface area contributed by atoms with E-state index in [1.54, 1.807) is 0 Å². The highest BCUT2D eigenvalue weighted by atomic mass is 16.3. The van der Waals surface area contributed by atoms with Crippen LogP contribution in [-0.4, -0.2) is 22.5 Å². The molecule has 2 aromatic carbocycles. The predicted molar refractivity (Wildman–Crippen MR) is 90.6 cm³/mol. The van der Waals surface area contributed by atoms with Gasteiger partial charge in [-0.25, -0.2) is 0 Å². The predicted octanol–water partition coefficient (Wildman–Crippen LogP) is 3.58. The minimum Gasteiger partial charge on any atom is -0.394 e. The number of aliphatic hydroxyl groups is 1. The van der Waals surface area contributed by atoms with Gasteiger partial charge < -0.3 is 10.0 Å². The fraction of sp³-hybridized carbons (Fsp3) is 0.350. The largest absolute Gasteiger partial charge is 0.394 e. The molecule has 0 aliphatic carbocycles. The van der Waals surface area contributed by atoms with Crippen molar-refractivity contribution in [3.63, 3.8) is 0 Å². The van der Waals surface area contributed by atoms with Crippen molar-refractivity contribution in [2.75, 3.05) is 6.61 Å². The van der Waals surface area contributed by atoms with Gasteiger partial charge >= 0.3 is 0 Å². The average molecular weight is 309 g/mol. The molecule has 2 aromatic rings. The van der Waals surface area contributed by atoms with Crippen LogP contribution in [-0.2, 0) is 4.79 Å². The van der Waals surface area contributed by atoms with E-state index in [4.69, 9.17) is 0 Å². The quantitative estimate of drug-likeness (QED) is 0.938. The lowest BCUT2D eigenvalue weighted by atomic mass is 9.89. The lowest BCUT2D eigenvalue weighted by Crippen LogP contribution is -2.35. The molecule has 1 fully saturated rings. The molecule has 1 N–H and O–H groups in total. The van der Waals surface area contributed by atoms with Gasteiger partial charge in [-0.05, 0) is 17.0 Å². The third-order valence-corrected chi connectivity index (χ3v) is 5.06. The molecule has 1 aliphatic heterocycles. The molecule has 1 amide bonds. The monoisotopic (exact) mass is 309 g/mol. The van der Waals surface area contributed by atoms with Gasteiger partial charge in [0.2, 0.25) is 5.91 Å². The highest BCUT2D eigenvalue weighted by Gasteiger charge is 2.46. The summed E-state index contributed by atoms with van der Waals surface area (Å²) < 4.78 is 0. The molecular formula is C20H23NO2. The van der Waals surface area contributed by atoms with Gasteiger partial charge in [0, 0.05) is 5.92 Å². The Labute approximate surface area is 137 Å². The Hall–Kier alpha value is -2.13. The van der Waals surface area contributed by atoms with Gasteiger partial charge in [0.15, 0.2) is 0 Å². The molecule has 0 spiro atoms. The second-order valence-corrected chi connectivity index (χ2v) is 6.36. The molecular weight excluding hydrogens is 286 g/mol. The summed E-state index contributed by atoms with van der Waals surface area (Å²) >= 11 is 0. The first kappa shape index (κ1) is 15.8. The molecule has 120 valence electrons. The molecule has 23 heavy (non-hydrogen) atoms. The molecule has 3 nitrogen and oxygen atoms in total. The normalized spacial score (nSPS) is 25.6. The van der Waals surface area contributed by atoms with E-state index >= 15 is 0 Å². The van der Waals surface area contributed by atoms with Gasteiger partial charge in [-0.15, -0.1) is 0 Å². The number of likely N-dealkylation sites (tertiary alicyclic amines) is 1. The van der Waals surface area contributed by atoms with Crippen LogP contribution >= 0.6 is 0 Å². The van der Waals surface area contributed by atoms with E-state index < -0.39 is 0 Å². The Kier molecular flexibility index (Phi) is 4.49. The standard InChI is InChI=1S/C20H23NO2/c1-14-15(2)20(23)21(19(14)17-11-7-4-8-12-17)18(13-22)16-9-5-3-6-10-16/h3-12,14-15,18-19,22H,13H2,1-2H3/t14-,15-,18-,19+/m0/s1. The van der Waals surface area contributed by atoms with E-state index in [9.17, 15) is 9.90 Å². The Morgan fingerprint density at radius 2 is 1.57 bits per heavy atom. The summed E-state index contributed by atoms with van der Waals surface area (Å²) in [4.78, 5) is 14.8. The van der Waals surface area contributed by atoms with Gasteiger partial charge in [0.25, 0.3) is 0 Å². The van der Waals surface area contributed by atoms with Crippen LogP contribution < -0.4 is 0 Å². The van der Waals surface area contributed by atoms with Crippen LogP contribution in [0, 0.1) is 11.8 Å². The van der Waals surface area contributed by atoms with Crippen molar-refractivity contribution in [1.82, 2.24) is 4.90 Å². The first-order valence-corrected chi connectivity index (χ1v) is 8.18. The van der Waals surface area contributed by atoms with E-state index in [0.29, 0.717) is 0 Å². The van der Waals surface area contributed by atoms with Crippen LogP contribution in [0.2, 0.25) is 0 Å². The molecule has 1 saturated heterocycles. The molecule has 0 unspecified atom stereocenters. The molecule has 0 aromatic heterocycles. The first-order chi connectivity index (χ1) is 11.1. The summed E-state index contributed by atoms with van der Waals surface area (Å²) in [5.41, 5.74) is 2.11. The van der Waals surface area contributed by atoms with E-state index in [-0.39, 0.29) is 36.4 Å². The topological polar surface area (TPSA) is 40.5 Å². The molecule has 0 bridgehead atoms. The third-order valence-electron chi connectivity index (χ3n) is 5.06. The number of carbonyl (C=O) groups excluding carboxylic acids is 1. The molecule has 4 atom stereocenters. The fourth-order valence-electron chi connectivity index (χ4n) is 3.61. The van der Waals surface area contributed by atoms with Gasteiger partial charge in [0.1, 0.15) is 0 Å². The van der Waals surface area contributed by atoms with Crippen molar-refractivity contribution in [2.24, 2.45) is 11.8 Å². The minimum absolute atomic E-state index is 0.00365. The number of nitrogens with zero attached hydrogens (tertiary/aromatic N) is 1. The van der Waals surface area contributed by atoms with Crippen LogP contribution in [0.15, 0.2) is 60.7 Å². The van der Waals surface area contributed by atoms with Gasteiger partial charge in [-0.2, -0.15) is 0 Å². The zero-order chi connectivity index (χ0) is 16.4. The maximum Gasteiger partial charge on any atom is 0.226 e. The molecule has 3 rings (SSSR count). The number of carbonyl (C=O) groups is 1. The highest BCUT2D eigenvalue weighted by molar-refractivity contribution is 5.82. The summed E-state index contributed by atoms with van der Waals surface area (Å²) in [5, 5.41) is 10.0. The Bertz CT molecular complexity index is 656. The zero-order valence-corrected chi connectivity index (χ0v) is 13.6. The number of amides is 1. The average Bonchev–Trinajstić information content (AvgIpc) is 2.82. The number of hydrogen-bond acceptors (Lipinski definition) is 2. The van der Waals surface area contributed by atoms with Crippen LogP contribution in [0.25, 0.3) is 0 Å². The number of rotatable bonds is 4. The van der Waals surface area contributed by atoms with Crippen molar-refractivity contribution in [2.45, 2.75) is 25.9 Å². The molecule has 1 heterocycles. The minimum atomic E-state index is -0.304. The van der Waals surface area contributed by atoms with E-state index in [2.05, 4.69) is 19.1 Å². The zero-order valence-electron chi connectivity index (χ0n) is 13.6. The molecule has 0 saturated carbocycles. The second-order valence-electron chi connectivity index (χ2n) is 6.36. The van der Waals surface area contributed by atoms with Crippen LogP contribution in [0.3, 0.4) is 0 Å². The lowest BCUT2D eigenvalue weighted by molar-refractivity contribution is -0.135. The van der Waals surface area contributed by atoms with Gasteiger partial charge in [-0.1, -0.05) is 74.5 Å². The Morgan fingerprint density at radius 3 is 2.13 bits per heavy atom. The van der Waals surface area contributed by atoms with Crippen molar-refractivity contribution in [1.29, 1.82) is 0 Å². The van der Waals surface area contributed by atoms with Crippen LogP contribution in [0.1, 0.15) is 37.1 Å². The fourth-order valence-corrected chi connectivity index (χ4v) is 3.61. The first-order valence-electron chi connectivity index (χ1n) is 8.18. The van der Waals surface area contributed by atoms with Crippen molar-refractivity contribution >= 4 is 5.91 Å². The highest BCUT2D eigenvalue weighted by Crippen LogP contribution is 2.45. The lowest BCUT2D eigenvalue weighted by Gasteiger charge is -2.34. The Balaban J connectivity index is 2.04. The van der Waals surface area contributed by atoms with Crippen LogP contribution in [0.4, 0.5) is 0 Å². The number of hydrogen-bond donors (Lipinski definition) is 1. The summed E-state index contributed by atoms with van der Waals surface area (Å²) in [6.07, 6.45) is 0. The van der Waals surface area contributed by atoms with E-state index in [1.165, 1.54) is 0 Å².